The quantitative estimate of drug-likeness (QED) is 0.787. The number of amides is 1. The standard InChI is InChI=1S/C12H18ClN3O3/c1-14-10-5-4-9(13)11(16-10)12(17)15-6-8(19-3)7-18-2/h4-5,8H,6-7H2,1-3H3,(H,14,16)(H,15,17). The zero-order chi connectivity index (χ0) is 14.3. The summed E-state index contributed by atoms with van der Waals surface area (Å²) in [5.74, 6) is 0.231. The molecule has 1 heterocycles. The average Bonchev–Trinajstić information content (AvgIpc) is 2.43. The van der Waals surface area contributed by atoms with Crippen molar-refractivity contribution in [1.82, 2.24) is 10.3 Å². The third-order valence-electron chi connectivity index (χ3n) is 2.49. The maximum atomic E-state index is 12.0. The molecule has 0 bridgehead atoms. The minimum atomic E-state index is -0.347. The topological polar surface area (TPSA) is 72.5 Å². The van der Waals surface area contributed by atoms with Crippen molar-refractivity contribution in [3.8, 4) is 0 Å². The number of pyridine rings is 1. The number of ether oxygens (including phenoxy) is 2. The number of rotatable bonds is 7. The molecule has 19 heavy (non-hydrogen) atoms. The second kappa shape index (κ2) is 7.93. The Kier molecular flexibility index (Phi) is 6.55. The van der Waals surface area contributed by atoms with E-state index in [4.69, 9.17) is 21.1 Å². The Hall–Kier alpha value is -1.37. The summed E-state index contributed by atoms with van der Waals surface area (Å²) in [5.41, 5.74) is 0.181. The van der Waals surface area contributed by atoms with Gasteiger partial charge in [-0.15, -0.1) is 0 Å². The van der Waals surface area contributed by atoms with E-state index in [1.54, 1.807) is 33.4 Å². The van der Waals surface area contributed by atoms with E-state index in [1.165, 1.54) is 0 Å². The molecule has 7 heteroatoms. The molecule has 1 aromatic rings. The van der Waals surface area contributed by atoms with Crippen LogP contribution in [0.5, 0.6) is 0 Å². The van der Waals surface area contributed by atoms with Crippen molar-refractivity contribution in [2.24, 2.45) is 0 Å². The number of aromatic nitrogens is 1. The Morgan fingerprint density at radius 1 is 1.47 bits per heavy atom. The van der Waals surface area contributed by atoms with E-state index < -0.39 is 0 Å². The first-order valence-corrected chi connectivity index (χ1v) is 6.14. The van der Waals surface area contributed by atoms with E-state index >= 15 is 0 Å². The number of carbonyl (C=O) groups excluding carboxylic acids is 1. The average molecular weight is 288 g/mol. The predicted molar refractivity (Wildman–Crippen MR) is 73.8 cm³/mol. The highest BCUT2D eigenvalue weighted by Gasteiger charge is 2.15. The van der Waals surface area contributed by atoms with Gasteiger partial charge in [-0.2, -0.15) is 0 Å². The van der Waals surface area contributed by atoms with Crippen LogP contribution < -0.4 is 10.6 Å². The maximum Gasteiger partial charge on any atom is 0.271 e. The molecule has 0 aliphatic carbocycles. The number of halogens is 1. The van der Waals surface area contributed by atoms with Crippen LogP contribution in [0.3, 0.4) is 0 Å². The van der Waals surface area contributed by atoms with Gasteiger partial charge in [0.2, 0.25) is 0 Å². The van der Waals surface area contributed by atoms with Gasteiger partial charge in [-0.1, -0.05) is 11.6 Å². The molecule has 0 aliphatic heterocycles. The molecule has 0 aromatic carbocycles. The smallest absolute Gasteiger partial charge is 0.271 e. The molecule has 0 aliphatic rings. The Bertz CT molecular complexity index is 429. The number of nitrogens with zero attached hydrogens (tertiary/aromatic N) is 1. The van der Waals surface area contributed by atoms with Crippen molar-refractivity contribution in [3.05, 3.63) is 22.8 Å². The lowest BCUT2D eigenvalue weighted by molar-refractivity contribution is 0.0285. The first-order valence-electron chi connectivity index (χ1n) is 5.76. The van der Waals surface area contributed by atoms with Gasteiger partial charge in [-0.25, -0.2) is 4.98 Å². The van der Waals surface area contributed by atoms with Gasteiger partial charge in [-0.05, 0) is 12.1 Å². The Morgan fingerprint density at radius 3 is 2.79 bits per heavy atom. The SMILES string of the molecule is CNc1ccc(Cl)c(C(=O)NCC(COC)OC)n1. The molecule has 1 atom stereocenters. The number of hydrogen-bond acceptors (Lipinski definition) is 5. The second-order valence-corrected chi connectivity index (χ2v) is 4.21. The highest BCUT2D eigenvalue weighted by atomic mass is 35.5. The summed E-state index contributed by atoms with van der Waals surface area (Å²) >= 11 is 5.95. The number of anilines is 1. The molecule has 2 N–H and O–H groups in total. The molecule has 1 amide bonds. The molecule has 0 fully saturated rings. The number of nitrogens with one attached hydrogen (secondary N) is 2. The van der Waals surface area contributed by atoms with E-state index in [-0.39, 0.29) is 17.7 Å². The minimum absolute atomic E-state index is 0.181. The largest absolute Gasteiger partial charge is 0.382 e. The number of methoxy groups -OCH3 is 2. The van der Waals surface area contributed by atoms with Crippen molar-refractivity contribution in [2.75, 3.05) is 39.7 Å². The fourth-order valence-electron chi connectivity index (χ4n) is 1.43. The monoisotopic (exact) mass is 287 g/mol. The van der Waals surface area contributed by atoms with Gasteiger partial charge < -0.3 is 20.1 Å². The van der Waals surface area contributed by atoms with E-state index in [0.717, 1.165) is 0 Å². The summed E-state index contributed by atoms with van der Waals surface area (Å²) < 4.78 is 10.1. The third kappa shape index (κ3) is 4.66. The van der Waals surface area contributed by atoms with Crippen LogP contribution in [0.15, 0.2) is 12.1 Å². The summed E-state index contributed by atoms with van der Waals surface area (Å²) in [6, 6.07) is 3.32. The van der Waals surface area contributed by atoms with Crippen molar-refractivity contribution in [2.45, 2.75) is 6.10 Å². The van der Waals surface area contributed by atoms with E-state index in [0.29, 0.717) is 24.0 Å². The van der Waals surface area contributed by atoms with Crippen LogP contribution in [-0.4, -0.2) is 51.4 Å². The fraction of sp³-hybridized carbons (Fsp3) is 0.500. The Balaban J connectivity index is 2.67. The molecular formula is C12H18ClN3O3. The molecule has 0 radical (unpaired) electrons. The lowest BCUT2D eigenvalue weighted by atomic mass is 10.3. The normalized spacial score (nSPS) is 12.0. The number of carbonyl (C=O) groups is 1. The van der Waals surface area contributed by atoms with Crippen molar-refractivity contribution < 1.29 is 14.3 Å². The third-order valence-corrected chi connectivity index (χ3v) is 2.80. The summed E-state index contributed by atoms with van der Waals surface area (Å²) in [4.78, 5) is 16.1. The molecular weight excluding hydrogens is 270 g/mol. The first kappa shape index (κ1) is 15.7. The van der Waals surface area contributed by atoms with Crippen LogP contribution in [0.1, 0.15) is 10.5 Å². The van der Waals surface area contributed by atoms with Crippen molar-refractivity contribution >= 4 is 23.3 Å². The first-order chi connectivity index (χ1) is 9.12. The van der Waals surface area contributed by atoms with Crippen LogP contribution in [-0.2, 0) is 9.47 Å². The van der Waals surface area contributed by atoms with E-state index in [9.17, 15) is 4.79 Å². The summed E-state index contributed by atoms with van der Waals surface area (Å²) in [7, 11) is 4.85. The fourth-order valence-corrected chi connectivity index (χ4v) is 1.62. The molecule has 0 spiro atoms. The molecule has 6 nitrogen and oxygen atoms in total. The van der Waals surface area contributed by atoms with Crippen LogP contribution in [0, 0.1) is 0 Å². The Labute approximate surface area is 117 Å². The number of hydrogen-bond donors (Lipinski definition) is 2. The van der Waals surface area contributed by atoms with Crippen LogP contribution in [0.4, 0.5) is 5.82 Å². The lowest BCUT2D eigenvalue weighted by Crippen LogP contribution is -2.36. The van der Waals surface area contributed by atoms with Gasteiger partial charge in [0.05, 0.1) is 17.7 Å². The zero-order valence-corrected chi connectivity index (χ0v) is 12.0. The molecule has 1 rings (SSSR count). The van der Waals surface area contributed by atoms with Crippen LogP contribution in [0.2, 0.25) is 5.02 Å². The van der Waals surface area contributed by atoms with Gasteiger partial charge >= 0.3 is 0 Å². The summed E-state index contributed by atoms with van der Waals surface area (Å²) in [5, 5.41) is 5.86. The predicted octanol–water partition coefficient (Wildman–Crippen LogP) is 1.17. The van der Waals surface area contributed by atoms with Gasteiger partial charge in [0.15, 0.2) is 0 Å². The highest BCUT2D eigenvalue weighted by molar-refractivity contribution is 6.33. The molecule has 0 saturated heterocycles. The molecule has 0 saturated carbocycles. The van der Waals surface area contributed by atoms with Crippen LogP contribution in [0.25, 0.3) is 0 Å². The van der Waals surface area contributed by atoms with E-state index in [2.05, 4.69) is 15.6 Å². The molecule has 106 valence electrons. The summed E-state index contributed by atoms with van der Waals surface area (Å²) in [6.45, 7) is 0.722. The lowest BCUT2D eigenvalue weighted by Gasteiger charge is -2.15. The molecule has 1 aromatic heterocycles. The van der Waals surface area contributed by atoms with Gasteiger partial charge in [0.25, 0.3) is 5.91 Å². The maximum absolute atomic E-state index is 12.0. The van der Waals surface area contributed by atoms with Crippen molar-refractivity contribution in [1.29, 1.82) is 0 Å². The minimum Gasteiger partial charge on any atom is -0.382 e. The van der Waals surface area contributed by atoms with Crippen LogP contribution >= 0.6 is 11.6 Å². The van der Waals surface area contributed by atoms with Gasteiger partial charge in [0.1, 0.15) is 11.5 Å². The summed E-state index contributed by atoms with van der Waals surface area (Å²) in [6.07, 6.45) is -0.208. The van der Waals surface area contributed by atoms with Gasteiger partial charge in [-0.3, -0.25) is 4.79 Å². The Morgan fingerprint density at radius 2 is 2.21 bits per heavy atom. The van der Waals surface area contributed by atoms with E-state index in [1.807, 2.05) is 0 Å². The molecule has 1 unspecified atom stereocenters. The second-order valence-electron chi connectivity index (χ2n) is 3.80. The zero-order valence-electron chi connectivity index (χ0n) is 11.2. The van der Waals surface area contributed by atoms with Crippen molar-refractivity contribution in [3.63, 3.8) is 0 Å². The van der Waals surface area contributed by atoms with Gasteiger partial charge in [0, 0.05) is 27.8 Å². The highest BCUT2D eigenvalue weighted by Crippen LogP contribution is 2.16.